The molecule has 0 bridgehead atoms. The molecule has 1 aliphatic carbocycles. The lowest BCUT2D eigenvalue weighted by Crippen LogP contribution is -2.36. The second-order valence-electron chi connectivity index (χ2n) is 3.58. The van der Waals surface area contributed by atoms with Crippen LogP contribution in [0, 0.1) is 11.8 Å². The first-order valence-electron chi connectivity index (χ1n) is 4.26. The number of hydrogen-bond donors (Lipinski definition) is 2. The van der Waals surface area contributed by atoms with Crippen LogP contribution in [0.4, 0.5) is 0 Å². The molecule has 1 amide bonds. The van der Waals surface area contributed by atoms with Gasteiger partial charge in [0.2, 0.25) is 5.91 Å². The van der Waals surface area contributed by atoms with Gasteiger partial charge >= 0.3 is 0 Å². The fraction of sp³-hybridized carbons (Fsp3) is 0.875. The Hall–Kier alpha value is -0.610. The van der Waals surface area contributed by atoms with Crippen molar-refractivity contribution in [1.82, 2.24) is 5.32 Å². The number of nitrogens with one attached hydrogen (secondary N) is 1. The lowest BCUT2D eigenvalue weighted by atomic mass is 10.3. The lowest BCUT2D eigenvalue weighted by molar-refractivity contribution is -0.128. The molecule has 4 heteroatoms. The number of hydrogen-bond acceptors (Lipinski definition) is 3. The van der Waals surface area contributed by atoms with Crippen LogP contribution < -0.4 is 5.32 Å². The Morgan fingerprint density at radius 1 is 1.58 bits per heavy atom. The SMILES string of the molecule is CC(O)C(=O)NC1[C@H]2COC[C@@H]12. The van der Waals surface area contributed by atoms with E-state index < -0.39 is 6.10 Å². The monoisotopic (exact) mass is 171 g/mol. The third-order valence-corrected chi connectivity index (χ3v) is 2.64. The summed E-state index contributed by atoms with van der Waals surface area (Å²) < 4.78 is 5.16. The van der Waals surface area contributed by atoms with E-state index in [1.165, 1.54) is 6.92 Å². The van der Waals surface area contributed by atoms with E-state index in [0.29, 0.717) is 11.8 Å². The maximum Gasteiger partial charge on any atom is 0.248 e. The first-order valence-corrected chi connectivity index (χ1v) is 4.26. The van der Waals surface area contributed by atoms with E-state index in [4.69, 9.17) is 9.84 Å². The summed E-state index contributed by atoms with van der Waals surface area (Å²) in [6, 6.07) is 0.265. The summed E-state index contributed by atoms with van der Waals surface area (Å²) in [4.78, 5) is 11.0. The highest BCUT2D eigenvalue weighted by Crippen LogP contribution is 2.43. The van der Waals surface area contributed by atoms with Crippen LogP contribution in [0.15, 0.2) is 0 Å². The fourth-order valence-electron chi connectivity index (χ4n) is 1.74. The summed E-state index contributed by atoms with van der Waals surface area (Å²) in [6.45, 7) is 2.99. The van der Waals surface area contributed by atoms with Gasteiger partial charge in [-0.15, -0.1) is 0 Å². The molecule has 2 fully saturated rings. The molecular formula is C8H13NO3. The smallest absolute Gasteiger partial charge is 0.248 e. The van der Waals surface area contributed by atoms with Crippen molar-refractivity contribution in [2.45, 2.75) is 19.1 Å². The molecule has 0 spiro atoms. The average Bonchev–Trinajstić information content (AvgIpc) is 2.46. The Balaban J connectivity index is 1.79. The third-order valence-electron chi connectivity index (χ3n) is 2.64. The highest BCUT2D eigenvalue weighted by Gasteiger charge is 2.54. The van der Waals surface area contributed by atoms with Crippen LogP contribution in [-0.2, 0) is 9.53 Å². The van der Waals surface area contributed by atoms with E-state index in [1.54, 1.807) is 0 Å². The Bertz CT molecular complexity index is 194. The van der Waals surface area contributed by atoms with Crippen LogP contribution in [0.3, 0.4) is 0 Å². The van der Waals surface area contributed by atoms with Crippen molar-refractivity contribution in [3.63, 3.8) is 0 Å². The van der Waals surface area contributed by atoms with Crippen LogP contribution in [0.25, 0.3) is 0 Å². The van der Waals surface area contributed by atoms with Gasteiger partial charge in [0.25, 0.3) is 0 Å². The number of aliphatic hydroxyl groups is 1. The van der Waals surface area contributed by atoms with Gasteiger partial charge in [-0.2, -0.15) is 0 Å². The van der Waals surface area contributed by atoms with E-state index in [0.717, 1.165) is 13.2 Å². The van der Waals surface area contributed by atoms with Crippen molar-refractivity contribution in [2.24, 2.45) is 11.8 Å². The summed E-state index contributed by atoms with van der Waals surface area (Å²) in [5.41, 5.74) is 0. The topological polar surface area (TPSA) is 58.6 Å². The second kappa shape index (κ2) is 2.71. The first kappa shape index (κ1) is 8.01. The lowest BCUT2D eigenvalue weighted by Gasteiger charge is -2.08. The molecule has 1 saturated carbocycles. The van der Waals surface area contributed by atoms with Crippen LogP contribution in [0.1, 0.15) is 6.92 Å². The minimum Gasteiger partial charge on any atom is -0.384 e. The number of aliphatic hydroxyl groups excluding tert-OH is 1. The van der Waals surface area contributed by atoms with Crippen LogP contribution in [-0.4, -0.2) is 36.4 Å². The molecule has 4 nitrogen and oxygen atoms in total. The molecule has 0 radical (unpaired) electrons. The van der Waals surface area contributed by atoms with Crippen LogP contribution in [0.5, 0.6) is 0 Å². The summed E-state index contributed by atoms with van der Waals surface area (Å²) in [5.74, 6) is 0.745. The summed E-state index contributed by atoms with van der Waals surface area (Å²) in [7, 11) is 0. The molecule has 0 aromatic rings. The summed E-state index contributed by atoms with van der Waals surface area (Å²) >= 11 is 0. The van der Waals surface area contributed by atoms with Gasteiger partial charge in [0.15, 0.2) is 0 Å². The molecule has 68 valence electrons. The van der Waals surface area contributed by atoms with Gasteiger partial charge in [-0.1, -0.05) is 0 Å². The predicted octanol–water partition coefficient (Wildman–Crippen LogP) is -0.872. The van der Waals surface area contributed by atoms with Gasteiger partial charge in [-0.05, 0) is 6.92 Å². The van der Waals surface area contributed by atoms with Crippen molar-refractivity contribution in [3.8, 4) is 0 Å². The zero-order chi connectivity index (χ0) is 8.72. The standard InChI is InChI=1S/C8H13NO3/c1-4(10)8(11)9-7-5-2-12-3-6(5)7/h4-7,10H,2-3H2,1H3,(H,9,11)/t4?,5-,6+,7?. The van der Waals surface area contributed by atoms with Gasteiger partial charge in [0.1, 0.15) is 6.10 Å². The van der Waals surface area contributed by atoms with Gasteiger partial charge in [-0.3, -0.25) is 4.79 Å². The number of rotatable bonds is 2. The van der Waals surface area contributed by atoms with Crippen molar-refractivity contribution in [1.29, 1.82) is 0 Å². The Labute approximate surface area is 70.9 Å². The molecular weight excluding hydrogens is 158 g/mol. The Morgan fingerprint density at radius 3 is 2.67 bits per heavy atom. The van der Waals surface area contributed by atoms with E-state index in [2.05, 4.69) is 5.32 Å². The van der Waals surface area contributed by atoms with Crippen molar-refractivity contribution >= 4 is 5.91 Å². The molecule has 2 unspecified atom stereocenters. The predicted molar refractivity (Wildman–Crippen MR) is 41.4 cm³/mol. The average molecular weight is 171 g/mol. The third kappa shape index (κ3) is 1.21. The highest BCUT2D eigenvalue weighted by molar-refractivity contribution is 5.80. The molecule has 2 aliphatic rings. The molecule has 1 saturated heterocycles. The zero-order valence-electron chi connectivity index (χ0n) is 6.99. The minimum absolute atomic E-state index is 0.265. The number of carbonyl (C=O) groups excluding carboxylic acids is 1. The van der Waals surface area contributed by atoms with Crippen molar-refractivity contribution in [2.75, 3.05) is 13.2 Å². The van der Waals surface area contributed by atoms with E-state index in [9.17, 15) is 4.79 Å². The van der Waals surface area contributed by atoms with Gasteiger partial charge in [-0.25, -0.2) is 0 Å². The number of fused-ring (bicyclic) bond motifs is 1. The number of amides is 1. The molecule has 4 atom stereocenters. The van der Waals surface area contributed by atoms with E-state index >= 15 is 0 Å². The molecule has 2 N–H and O–H groups in total. The van der Waals surface area contributed by atoms with Crippen molar-refractivity contribution < 1.29 is 14.6 Å². The highest BCUT2D eigenvalue weighted by atomic mass is 16.5. The maximum absolute atomic E-state index is 11.0. The van der Waals surface area contributed by atoms with Crippen LogP contribution in [0.2, 0.25) is 0 Å². The molecule has 12 heavy (non-hydrogen) atoms. The van der Waals surface area contributed by atoms with Gasteiger partial charge in [0, 0.05) is 17.9 Å². The zero-order valence-corrected chi connectivity index (χ0v) is 6.99. The normalized spacial score (nSPS) is 40.3. The van der Waals surface area contributed by atoms with Crippen molar-refractivity contribution in [3.05, 3.63) is 0 Å². The minimum atomic E-state index is -0.896. The Morgan fingerprint density at radius 2 is 2.17 bits per heavy atom. The molecule has 2 rings (SSSR count). The van der Waals surface area contributed by atoms with Gasteiger partial charge in [0.05, 0.1) is 13.2 Å². The summed E-state index contributed by atoms with van der Waals surface area (Å²) in [5, 5.41) is 11.7. The molecule has 1 heterocycles. The quantitative estimate of drug-likeness (QED) is 0.567. The maximum atomic E-state index is 11.0. The fourth-order valence-corrected chi connectivity index (χ4v) is 1.74. The second-order valence-corrected chi connectivity index (χ2v) is 3.58. The number of ether oxygens (including phenoxy) is 1. The molecule has 0 aromatic heterocycles. The first-order chi connectivity index (χ1) is 5.70. The van der Waals surface area contributed by atoms with Gasteiger partial charge < -0.3 is 15.2 Å². The summed E-state index contributed by atoms with van der Waals surface area (Å²) in [6.07, 6.45) is -0.896. The number of carbonyl (C=O) groups is 1. The van der Waals surface area contributed by atoms with Crippen LogP contribution >= 0.6 is 0 Å². The largest absolute Gasteiger partial charge is 0.384 e. The molecule has 1 aliphatic heterocycles. The Kier molecular flexibility index (Phi) is 1.81. The molecule has 0 aromatic carbocycles. The van der Waals surface area contributed by atoms with E-state index in [1.807, 2.05) is 0 Å². The van der Waals surface area contributed by atoms with E-state index in [-0.39, 0.29) is 11.9 Å².